The van der Waals surface area contributed by atoms with E-state index in [1.807, 2.05) is 0 Å². The lowest BCUT2D eigenvalue weighted by Crippen LogP contribution is -1.98. The zero-order chi connectivity index (χ0) is 12.0. The van der Waals surface area contributed by atoms with Crippen molar-refractivity contribution in [2.75, 3.05) is 6.54 Å². The molecule has 0 aromatic heterocycles. The topological polar surface area (TPSA) is 26.0 Å². The molecule has 3 heteroatoms. The zero-order valence-electron chi connectivity index (χ0n) is 9.73. The van der Waals surface area contributed by atoms with E-state index < -0.39 is 0 Å². The number of nitrogens with two attached hydrogens (primary N) is 1. The number of rotatable bonds is 6. The standard InChI is InChI=1S/C13H19F2N/c1-10-8-13(15)11(9-12(10)14)6-4-2-3-5-7-16/h8-9H,2-7,16H2,1H3. The van der Waals surface area contributed by atoms with E-state index in [2.05, 4.69) is 0 Å². The van der Waals surface area contributed by atoms with Gasteiger partial charge in [-0.05, 0) is 56.0 Å². The van der Waals surface area contributed by atoms with Crippen molar-refractivity contribution in [2.45, 2.75) is 39.0 Å². The fourth-order valence-corrected chi connectivity index (χ4v) is 1.69. The second-order valence-electron chi connectivity index (χ2n) is 4.15. The Morgan fingerprint density at radius 1 is 1.00 bits per heavy atom. The van der Waals surface area contributed by atoms with Crippen LogP contribution in [0.2, 0.25) is 0 Å². The summed E-state index contributed by atoms with van der Waals surface area (Å²) in [4.78, 5) is 0. The molecule has 0 atom stereocenters. The summed E-state index contributed by atoms with van der Waals surface area (Å²) >= 11 is 0. The van der Waals surface area contributed by atoms with E-state index in [1.54, 1.807) is 6.92 Å². The summed E-state index contributed by atoms with van der Waals surface area (Å²) in [5.74, 6) is -0.615. The van der Waals surface area contributed by atoms with Gasteiger partial charge in [0.25, 0.3) is 0 Å². The second kappa shape index (κ2) is 6.59. The van der Waals surface area contributed by atoms with Gasteiger partial charge in [-0.2, -0.15) is 0 Å². The number of hydrogen-bond donors (Lipinski definition) is 1. The zero-order valence-corrected chi connectivity index (χ0v) is 9.73. The largest absolute Gasteiger partial charge is 0.330 e. The van der Waals surface area contributed by atoms with E-state index in [-0.39, 0.29) is 11.6 Å². The summed E-state index contributed by atoms with van der Waals surface area (Å²) in [7, 11) is 0. The maximum Gasteiger partial charge on any atom is 0.126 e. The van der Waals surface area contributed by atoms with E-state index in [1.165, 1.54) is 12.1 Å². The van der Waals surface area contributed by atoms with Crippen molar-refractivity contribution in [2.24, 2.45) is 5.73 Å². The first-order valence-corrected chi connectivity index (χ1v) is 5.79. The van der Waals surface area contributed by atoms with Gasteiger partial charge in [0.05, 0.1) is 0 Å². The molecular weight excluding hydrogens is 208 g/mol. The molecule has 0 unspecified atom stereocenters. The maximum atomic E-state index is 13.4. The molecule has 0 aliphatic rings. The average Bonchev–Trinajstić information content (AvgIpc) is 2.25. The fraction of sp³-hybridized carbons (Fsp3) is 0.538. The quantitative estimate of drug-likeness (QED) is 0.741. The Balaban J connectivity index is 2.45. The first-order valence-electron chi connectivity index (χ1n) is 5.79. The van der Waals surface area contributed by atoms with Crippen molar-refractivity contribution in [1.82, 2.24) is 0 Å². The molecule has 0 amide bonds. The van der Waals surface area contributed by atoms with Crippen LogP contribution < -0.4 is 5.73 Å². The van der Waals surface area contributed by atoms with Crippen molar-refractivity contribution in [3.63, 3.8) is 0 Å². The maximum absolute atomic E-state index is 13.4. The van der Waals surface area contributed by atoms with Gasteiger partial charge in [-0.25, -0.2) is 8.78 Å². The molecule has 90 valence electrons. The first-order chi connectivity index (χ1) is 7.65. The molecule has 0 bridgehead atoms. The van der Waals surface area contributed by atoms with E-state index >= 15 is 0 Å². The molecule has 2 N–H and O–H groups in total. The summed E-state index contributed by atoms with van der Waals surface area (Å²) in [6.45, 7) is 2.27. The number of aryl methyl sites for hydroxylation is 2. The van der Waals surface area contributed by atoms with Crippen LogP contribution in [0.1, 0.15) is 36.8 Å². The SMILES string of the molecule is Cc1cc(F)c(CCCCCCN)cc1F. The van der Waals surface area contributed by atoms with Crippen LogP contribution in [0.4, 0.5) is 8.78 Å². The van der Waals surface area contributed by atoms with Gasteiger partial charge < -0.3 is 5.73 Å². The van der Waals surface area contributed by atoms with E-state index in [4.69, 9.17) is 5.73 Å². The average molecular weight is 227 g/mol. The minimum absolute atomic E-state index is 0.294. The second-order valence-corrected chi connectivity index (χ2v) is 4.15. The molecule has 0 saturated heterocycles. The lowest BCUT2D eigenvalue weighted by molar-refractivity contribution is 0.567. The van der Waals surface area contributed by atoms with Gasteiger partial charge in [-0.1, -0.05) is 12.8 Å². The van der Waals surface area contributed by atoms with Gasteiger partial charge in [0.15, 0.2) is 0 Å². The number of hydrogen-bond acceptors (Lipinski definition) is 1. The Morgan fingerprint density at radius 2 is 1.69 bits per heavy atom. The molecule has 0 saturated carbocycles. The van der Waals surface area contributed by atoms with Crippen LogP contribution in [0, 0.1) is 18.6 Å². The van der Waals surface area contributed by atoms with Gasteiger partial charge >= 0.3 is 0 Å². The van der Waals surface area contributed by atoms with E-state index in [9.17, 15) is 8.78 Å². The summed E-state index contributed by atoms with van der Waals surface area (Å²) in [5, 5.41) is 0. The molecule has 0 fully saturated rings. The van der Waals surface area contributed by atoms with Crippen molar-refractivity contribution >= 4 is 0 Å². The summed E-state index contributed by atoms with van der Waals surface area (Å²) in [6.07, 6.45) is 4.58. The van der Waals surface area contributed by atoms with Crippen LogP contribution in [0.3, 0.4) is 0 Å². The van der Waals surface area contributed by atoms with Crippen LogP contribution in [0.25, 0.3) is 0 Å². The molecule has 1 aromatic carbocycles. The predicted octanol–water partition coefficient (Wildman–Crippen LogP) is 3.33. The van der Waals surface area contributed by atoms with Gasteiger partial charge in [0.2, 0.25) is 0 Å². The highest BCUT2D eigenvalue weighted by Crippen LogP contribution is 2.16. The third-order valence-corrected chi connectivity index (χ3v) is 2.73. The van der Waals surface area contributed by atoms with Crippen molar-refractivity contribution in [1.29, 1.82) is 0 Å². The fourth-order valence-electron chi connectivity index (χ4n) is 1.69. The van der Waals surface area contributed by atoms with Crippen molar-refractivity contribution in [3.8, 4) is 0 Å². The Kier molecular flexibility index (Phi) is 5.39. The van der Waals surface area contributed by atoms with Crippen LogP contribution in [0.5, 0.6) is 0 Å². The molecular formula is C13H19F2N. The molecule has 1 rings (SSSR count). The molecule has 0 aliphatic heterocycles. The van der Waals surface area contributed by atoms with E-state index in [0.29, 0.717) is 24.1 Å². The Morgan fingerprint density at radius 3 is 2.38 bits per heavy atom. The third kappa shape index (κ3) is 3.89. The van der Waals surface area contributed by atoms with Crippen LogP contribution >= 0.6 is 0 Å². The monoisotopic (exact) mass is 227 g/mol. The van der Waals surface area contributed by atoms with Gasteiger partial charge in [-0.15, -0.1) is 0 Å². The highest BCUT2D eigenvalue weighted by Gasteiger charge is 2.06. The summed E-state index contributed by atoms with van der Waals surface area (Å²) < 4.78 is 26.6. The number of unbranched alkanes of at least 4 members (excludes halogenated alkanes) is 3. The van der Waals surface area contributed by atoms with E-state index in [0.717, 1.165) is 25.7 Å². The lowest BCUT2D eigenvalue weighted by atomic mass is 10.0. The van der Waals surface area contributed by atoms with Gasteiger partial charge in [0, 0.05) is 0 Å². The Hall–Kier alpha value is -0.960. The van der Waals surface area contributed by atoms with Gasteiger partial charge in [-0.3, -0.25) is 0 Å². The number of benzene rings is 1. The Labute approximate surface area is 95.7 Å². The molecule has 0 radical (unpaired) electrons. The third-order valence-electron chi connectivity index (χ3n) is 2.73. The normalized spacial score (nSPS) is 10.8. The van der Waals surface area contributed by atoms with Crippen molar-refractivity contribution < 1.29 is 8.78 Å². The van der Waals surface area contributed by atoms with Crippen LogP contribution in [0.15, 0.2) is 12.1 Å². The molecule has 0 heterocycles. The Bertz CT molecular complexity index is 337. The van der Waals surface area contributed by atoms with Crippen LogP contribution in [-0.4, -0.2) is 6.54 Å². The molecule has 0 aliphatic carbocycles. The molecule has 16 heavy (non-hydrogen) atoms. The summed E-state index contributed by atoms with van der Waals surface area (Å²) in [6, 6.07) is 2.58. The van der Waals surface area contributed by atoms with Gasteiger partial charge in [0.1, 0.15) is 11.6 Å². The predicted molar refractivity (Wildman–Crippen MR) is 62.3 cm³/mol. The lowest BCUT2D eigenvalue weighted by Gasteiger charge is -2.05. The minimum atomic E-state index is -0.321. The number of halogens is 2. The highest BCUT2D eigenvalue weighted by molar-refractivity contribution is 5.25. The molecule has 0 spiro atoms. The smallest absolute Gasteiger partial charge is 0.126 e. The highest BCUT2D eigenvalue weighted by atomic mass is 19.1. The summed E-state index contributed by atoms with van der Waals surface area (Å²) in [5.41, 5.74) is 6.22. The van der Waals surface area contributed by atoms with Crippen molar-refractivity contribution in [3.05, 3.63) is 34.9 Å². The van der Waals surface area contributed by atoms with Crippen LogP contribution in [-0.2, 0) is 6.42 Å². The first kappa shape index (κ1) is 13.1. The molecule has 1 aromatic rings. The minimum Gasteiger partial charge on any atom is -0.330 e. The molecule has 1 nitrogen and oxygen atoms in total.